The number of alkyl carbamates (subject to hydrolysis) is 1. The molecule has 1 aliphatic rings. The Morgan fingerprint density at radius 2 is 1.90 bits per heavy atom. The number of nitrogens with zero attached hydrogens (tertiary/aromatic N) is 5. The molecule has 0 saturated carbocycles. The van der Waals surface area contributed by atoms with Gasteiger partial charge in [0, 0.05) is 12.6 Å². The third-order valence-electron chi connectivity index (χ3n) is 5.77. The minimum atomic E-state index is -1.40. The fourth-order valence-corrected chi connectivity index (χ4v) is 4.04. The van der Waals surface area contributed by atoms with Crippen molar-refractivity contribution in [3.63, 3.8) is 0 Å². The Kier molecular flexibility index (Phi) is 8.67. The third kappa shape index (κ3) is 7.36. The summed E-state index contributed by atoms with van der Waals surface area (Å²) in [6, 6.07) is 10.1. The number of aromatic amines is 1. The lowest BCUT2D eigenvalue weighted by Crippen LogP contribution is -2.56. The fourth-order valence-electron chi connectivity index (χ4n) is 4.04. The summed E-state index contributed by atoms with van der Waals surface area (Å²) >= 11 is 0. The molecule has 0 aliphatic carbocycles. The van der Waals surface area contributed by atoms with Crippen molar-refractivity contribution in [2.75, 3.05) is 4.90 Å². The molecule has 0 saturated heterocycles. The molecule has 1 aliphatic heterocycles. The van der Waals surface area contributed by atoms with Crippen LogP contribution in [0.1, 0.15) is 44.1 Å². The maximum Gasteiger partial charge on any atom is 0.408 e. The van der Waals surface area contributed by atoms with Crippen LogP contribution >= 0.6 is 0 Å². The Labute approximate surface area is 229 Å². The SMILES string of the molecule is CC(C)(C)OC(=O)N[C@@H](CC(=O)OCc1ccccc1)C(=O)N1c2ncccc2C[C@H]1C(=O)NCc1nn[nH]n1. The second-order valence-electron chi connectivity index (χ2n) is 10.0. The number of tetrazole rings is 1. The van der Waals surface area contributed by atoms with Gasteiger partial charge >= 0.3 is 12.1 Å². The Morgan fingerprint density at radius 1 is 1.12 bits per heavy atom. The highest BCUT2D eigenvalue weighted by Crippen LogP contribution is 2.31. The molecule has 14 nitrogen and oxygen atoms in total. The van der Waals surface area contributed by atoms with E-state index < -0.39 is 48.0 Å². The summed E-state index contributed by atoms with van der Waals surface area (Å²) in [7, 11) is 0. The average Bonchev–Trinajstić information content (AvgIpc) is 3.57. The number of nitrogens with one attached hydrogen (secondary N) is 3. The molecule has 0 fully saturated rings. The summed E-state index contributed by atoms with van der Waals surface area (Å²) in [5, 5.41) is 18.5. The van der Waals surface area contributed by atoms with Crippen LogP contribution < -0.4 is 15.5 Å². The van der Waals surface area contributed by atoms with Gasteiger partial charge in [0.1, 0.15) is 30.1 Å². The zero-order valence-corrected chi connectivity index (χ0v) is 22.3. The second kappa shape index (κ2) is 12.3. The molecule has 0 bridgehead atoms. The van der Waals surface area contributed by atoms with Crippen molar-refractivity contribution in [3.05, 3.63) is 65.6 Å². The molecule has 3 heterocycles. The largest absolute Gasteiger partial charge is 0.461 e. The van der Waals surface area contributed by atoms with Crippen LogP contribution in [0, 0.1) is 0 Å². The molecule has 0 spiro atoms. The van der Waals surface area contributed by atoms with Crippen molar-refractivity contribution >= 4 is 29.7 Å². The summed E-state index contributed by atoms with van der Waals surface area (Å²) in [5.41, 5.74) is 0.554. The van der Waals surface area contributed by atoms with Gasteiger partial charge in [0.05, 0.1) is 13.0 Å². The maximum atomic E-state index is 14.0. The quantitative estimate of drug-likeness (QED) is 0.327. The molecule has 0 radical (unpaired) electrons. The van der Waals surface area contributed by atoms with Crippen molar-refractivity contribution < 1.29 is 28.7 Å². The summed E-state index contributed by atoms with van der Waals surface area (Å²) in [6.07, 6.45) is 0.259. The number of amides is 3. The minimum absolute atomic E-state index is 0.0117. The van der Waals surface area contributed by atoms with E-state index >= 15 is 0 Å². The van der Waals surface area contributed by atoms with E-state index in [1.165, 1.54) is 11.1 Å². The van der Waals surface area contributed by atoms with Gasteiger partial charge < -0.3 is 20.1 Å². The van der Waals surface area contributed by atoms with E-state index in [9.17, 15) is 19.2 Å². The van der Waals surface area contributed by atoms with Crippen LogP contribution in [0.5, 0.6) is 0 Å². The zero-order valence-electron chi connectivity index (χ0n) is 22.3. The predicted molar refractivity (Wildman–Crippen MR) is 139 cm³/mol. The van der Waals surface area contributed by atoms with Gasteiger partial charge in [-0.3, -0.25) is 19.3 Å². The number of aromatic nitrogens is 5. The number of benzene rings is 1. The van der Waals surface area contributed by atoms with Crippen molar-refractivity contribution in [2.45, 2.75) is 64.4 Å². The predicted octanol–water partition coefficient (Wildman–Crippen LogP) is 1.20. The molecule has 3 N–H and O–H groups in total. The molecular formula is C26H30N8O6. The van der Waals surface area contributed by atoms with E-state index in [4.69, 9.17) is 9.47 Å². The average molecular weight is 551 g/mol. The lowest BCUT2D eigenvalue weighted by molar-refractivity contribution is -0.146. The third-order valence-corrected chi connectivity index (χ3v) is 5.77. The number of rotatable bonds is 9. The van der Waals surface area contributed by atoms with Crippen LogP contribution in [0.25, 0.3) is 0 Å². The molecule has 1 aromatic carbocycles. The zero-order chi connectivity index (χ0) is 28.7. The molecule has 3 amide bonds. The molecule has 210 valence electrons. The number of fused-ring (bicyclic) bond motifs is 1. The summed E-state index contributed by atoms with van der Waals surface area (Å²) in [4.78, 5) is 58.1. The van der Waals surface area contributed by atoms with E-state index in [0.29, 0.717) is 5.56 Å². The molecule has 40 heavy (non-hydrogen) atoms. The highest BCUT2D eigenvalue weighted by atomic mass is 16.6. The molecule has 2 atom stereocenters. The number of hydrogen-bond donors (Lipinski definition) is 3. The summed E-state index contributed by atoms with van der Waals surface area (Å²) in [5.74, 6) is -1.44. The van der Waals surface area contributed by atoms with Crippen molar-refractivity contribution in [1.29, 1.82) is 0 Å². The van der Waals surface area contributed by atoms with E-state index in [0.717, 1.165) is 5.56 Å². The van der Waals surface area contributed by atoms with Gasteiger partial charge in [0.25, 0.3) is 5.91 Å². The lowest BCUT2D eigenvalue weighted by Gasteiger charge is -2.29. The number of hydrogen-bond acceptors (Lipinski definition) is 10. The lowest BCUT2D eigenvalue weighted by atomic mass is 10.1. The van der Waals surface area contributed by atoms with Gasteiger partial charge in [-0.25, -0.2) is 9.78 Å². The van der Waals surface area contributed by atoms with Gasteiger partial charge in [-0.1, -0.05) is 41.6 Å². The van der Waals surface area contributed by atoms with E-state index in [-0.39, 0.29) is 31.2 Å². The molecule has 4 rings (SSSR count). The number of H-pyrrole nitrogens is 1. The first-order chi connectivity index (χ1) is 19.1. The number of esters is 1. The first-order valence-corrected chi connectivity index (χ1v) is 12.6. The van der Waals surface area contributed by atoms with Gasteiger partial charge in [-0.2, -0.15) is 5.21 Å². The molecular weight excluding hydrogens is 520 g/mol. The maximum absolute atomic E-state index is 14.0. The van der Waals surface area contributed by atoms with Crippen LogP contribution in [-0.4, -0.2) is 67.2 Å². The fraction of sp³-hybridized carbons (Fsp3) is 0.385. The number of carbonyl (C=O) groups is 4. The van der Waals surface area contributed by atoms with Crippen LogP contribution in [0.4, 0.5) is 10.6 Å². The van der Waals surface area contributed by atoms with Gasteiger partial charge in [0.2, 0.25) is 5.91 Å². The van der Waals surface area contributed by atoms with E-state index in [1.54, 1.807) is 57.2 Å². The van der Waals surface area contributed by atoms with Gasteiger partial charge in [-0.15, -0.1) is 10.2 Å². The first kappa shape index (κ1) is 28.1. The first-order valence-electron chi connectivity index (χ1n) is 12.6. The van der Waals surface area contributed by atoms with Crippen LogP contribution in [0.2, 0.25) is 0 Å². The second-order valence-corrected chi connectivity index (χ2v) is 10.0. The Hall–Kier alpha value is -4.88. The summed E-state index contributed by atoms with van der Waals surface area (Å²) in [6.45, 7) is 4.97. The Bertz CT molecular complexity index is 1340. The highest BCUT2D eigenvalue weighted by molar-refractivity contribution is 6.06. The number of ether oxygens (including phenoxy) is 2. The van der Waals surface area contributed by atoms with E-state index in [2.05, 4.69) is 36.2 Å². The number of anilines is 1. The van der Waals surface area contributed by atoms with Gasteiger partial charge in [-0.05, 0) is 38.0 Å². The van der Waals surface area contributed by atoms with Gasteiger partial charge in [0.15, 0.2) is 5.82 Å². The number of carbonyl (C=O) groups excluding carboxylic acids is 4. The van der Waals surface area contributed by atoms with Crippen LogP contribution in [0.15, 0.2) is 48.7 Å². The Morgan fingerprint density at radius 3 is 2.60 bits per heavy atom. The monoisotopic (exact) mass is 550 g/mol. The topological polar surface area (TPSA) is 181 Å². The number of pyridine rings is 1. The van der Waals surface area contributed by atoms with E-state index in [1.807, 2.05) is 6.07 Å². The molecule has 3 aromatic rings. The molecule has 0 unspecified atom stereocenters. The van der Waals surface area contributed by atoms with Crippen LogP contribution in [0.3, 0.4) is 0 Å². The highest BCUT2D eigenvalue weighted by Gasteiger charge is 2.43. The van der Waals surface area contributed by atoms with Crippen LogP contribution in [-0.2, 0) is 43.4 Å². The normalized spacial score (nSPS) is 15.1. The van der Waals surface area contributed by atoms with Crippen molar-refractivity contribution in [2.24, 2.45) is 0 Å². The van der Waals surface area contributed by atoms with Crippen molar-refractivity contribution in [1.82, 2.24) is 36.2 Å². The standard InChI is InChI=1S/C26H30N8O6/c1-26(2,3)40-25(38)29-18(13-21(35)39-15-16-8-5-4-6-9-16)24(37)34-19(12-17-10-7-11-27-22(17)34)23(36)28-14-20-30-32-33-31-20/h4-11,18-19H,12-15H2,1-3H3,(H,28,36)(H,29,38)(H,30,31,32,33)/t18-,19-/m0/s1. The Balaban J connectivity index is 1.55. The smallest absolute Gasteiger partial charge is 0.408 e. The molecule has 14 heteroatoms. The molecule has 2 aromatic heterocycles. The van der Waals surface area contributed by atoms with Crippen molar-refractivity contribution in [3.8, 4) is 0 Å². The summed E-state index contributed by atoms with van der Waals surface area (Å²) < 4.78 is 10.7. The minimum Gasteiger partial charge on any atom is -0.461 e.